The molecule has 1 nitrogen and oxygen atoms in total. The van der Waals surface area contributed by atoms with Gasteiger partial charge in [-0.15, -0.1) is 0 Å². The summed E-state index contributed by atoms with van der Waals surface area (Å²) in [4.78, 5) is 0. The fourth-order valence-corrected chi connectivity index (χ4v) is 2.18. The fourth-order valence-electron chi connectivity index (χ4n) is 2.18. The summed E-state index contributed by atoms with van der Waals surface area (Å²) in [5.74, 6) is 0. The molecule has 1 aromatic rings. The number of hydrogen-bond donors (Lipinski definition) is 0. The first-order chi connectivity index (χ1) is 8.32. The Morgan fingerprint density at radius 1 is 0.800 bits per heavy atom. The molecule has 0 saturated heterocycles. The second-order valence-electron chi connectivity index (χ2n) is 4.45. The van der Waals surface area contributed by atoms with Gasteiger partial charge in [-0.05, 0) is 37.5 Å². The van der Waals surface area contributed by atoms with Crippen molar-refractivity contribution in [2.24, 2.45) is 0 Å². The fraction of sp³-hybridized carbons (Fsp3) is 0.500. The van der Waals surface area contributed by atoms with E-state index in [1.807, 2.05) is 0 Å². The molecule has 20 heavy (non-hydrogen) atoms. The van der Waals surface area contributed by atoms with E-state index in [2.05, 4.69) is 0 Å². The Bertz CT molecular complexity index is 455. The van der Waals surface area contributed by atoms with Crippen LogP contribution in [0.4, 0.5) is 26.3 Å². The predicted octanol–water partition coefficient (Wildman–Crippen LogP) is 0.296. The summed E-state index contributed by atoms with van der Waals surface area (Å²) >= 11 is 0. The van der Waals surface area contributed by atoms with Crippen LogP contribution in [0, 0.1) is 20.8 Å². The number of hydrogen-bond acceptors (Lipinski definition) is 1. The molecule has 0 bridgehead atoms. The van der Waals surface area contributed by atoms with Crippen molar-refractivity contribution in [3.05, 3.63) is 34.4 Å². The van der Waals surface area contributed by atoms with Crippen molar-refractivity contribution in [1.82, 2.24) is 0 Å². The quantitative estimate of drug-likeness (QED) is 0.538. The largest absolute Gasteiger partial charge is 1.00 e. The molecule has 108 valence electrons. The smallest absolute Gasteiger partial charge is 0.833 e. The van der Waals surface area contributed by atoms with Crippen LogP contribution in [0.3, 0.4) is 0 Å². The van der Waals surface area contributed by atoms with Gasteiger partial charge in [-0.3, -0.25) is 0 Å². The third-order valence-corrected chi connectivity index (χ3v) is 2.83. The molecule has 0 aliphatic carbocycles. The molecule has 0 aromatic heterocycles. The molecule has 1 aromatic carbocycles. The Balaban J connectivity index is 0.00000361. The van der Waals surface area contributed by atoms with E-state index >= 15 is 0 Å². The monoisotopic (exact) mass is 324 g/mol. The summed E-state index contributed by atoms with van der Waals surface area (Å²) in [6, 6.07) is 2.26. The van der Waals surface area contributed by atoms with Crippen LogP contribution in [-0.4, -0.2) is 12.4 Å². The van der Waals surface area contributed by atoms with Gasteiger partial charge in [0.1, 0.15) is 5.60 Å². The average Bonchev–Trinajstić information content (AvgIpc) is 2.11. The van der Waals surface area contributed by atoms with Crippen LogP contribution in [0.2, 0.25) is 0 Å². The molecule has 0 amide bonds. The third kappa shape index (κ3) is 3.41. The molecule has 0 fully saturated rings. The van der Waals surface area contributed by atoms with Crippen LogP contribution >= 0.6 is 0 Å². The Morgan fingerprint density at radius 3 is 1.35 bits per heavy atom. The summed E-state index contributed by atoms with van der Waals surface area (Å²) in [7, 11) is 0. The topological polar surface area (TPSA) is 23.1 Å². The first kappa shape index (κ1) is 20.4. The predicted molar refractivity (Wildman–Crippen MR) is 54.4 cm³/mol. The zero-order valence-corrected chi connectivity index (χ0v) is 14.5. The van der Waals surface area contributed by atoms with Gasteiger partial charge in [-0.2, -0.15) is 26.3 Å². The summed E-state index contributed by atoms with van der Waals surface area (Å²) in [6.07, 6.45) is -11.9. The van der Waals surface area contributed by atoms with Crippen molar-refractivity contribution >= 4 is 0 Å². The molecule has 8 heteroatoms. The van der Waals surface area contributed by atoms with E-state index in [0.717, 1.165) is 26.0 Å². The second kappa shape index (κ2) is 6.25. The van der Waals surface area contributed by atoms with E-state index in [9.17, 15) is 31.4 Å². The molecular weight excluding hydrogens is 313 g/mol. The Labute approximate surface area is 154 Å². The molecule has 0 heterocycles. The van der Waals surface area contributed by atoms with Crippen LogP contribution in [0.1, 0.15) is 22.3 Å². The third-order valence-electron chi connectivity index (χ3n) is 2.83. The van der Waals surface area contributed by atoms with Crippen molar-refractivity contribution in [2.45, 2.75) is 38.7 Å². The van der Waals surface area contributed by atoms with E-state index in [-0.39, 0.29) is 62.5 Å². The van der Waals surface area contributed by atoms with Gasteiger partial charge < -0.3 is 5.11 Å². The van der Waals surface area contributed by atoms with Gasteiger partial charge in [-0.25, -0.2) is 0 Å². The maximum absolute atomic E-state index is 12.7. The number of benzene rings is 1. The minimum Gasteiger partial charge on any atom is -0.833 e. The summed E-state index contributed by atoms with van der Waals surface area (Å²) < 4.78 is 76.3. The van der Waals surface area contributed by atoms with Crippen molar-refractivity contribution in [1.29, 1.82) is 0 Å². The molecule has 0 unspecified atom stereocenters. The van der Waals surface area contributed by atoms with Gasteiger partial charge in [0.25, 0.3) is 0 Å². The van der Waals surface area contributed by atoms with Gasteiger partial charge in [0.05, 0.1) is 0 Å². The SMILES string of the molecule is Cc1cc(C)c(C([O-])(C(F)(F)F)C(F)(F)F)c(C)c1.[K+]. The molecule has 0 aliphatic heterocycles. The van der Waals surface area contributed by atoms with Crippen LogP contribution in [0.5, 0.6) is 0 Å². The van der Waals surface area contributed by atoms with Crippen LogP contribution < -0.4 is 56.5 Å². The van der Waals surface area contributed by atoms with Crippen molar-refractivity contribution in [2.75, 3.05) is 0 Å². The first-order valence-electron chi connectivity index (χ1n) is 5.24. The minimum atomic E-state index is -5.96. The van der Waals surface area contributed by atoms with Crippen LogP contribution in [0.15, 0.2) is 12.1 Å². The average molecular weight is 324 g/mol. The Kier molecular flexibility index (Phi) is 6.38. The van der Waals surface area contributed by atoms with Crippen molar-refractivity contribution < 1.29 is 82.8 Å². The van der Waals surface area contributed by atoms with Gasteiger partial charge in [-0.1, -0.05) is 17.7 Å². The van der Waals surface area contributed by atoms with E-state index in [4.69, 9.17) is 0 Å². The maximum Gasteiger partial charge on any atom is 1.00 e. The van der Waals surface area contributed by atoms with Gasteiger partial charge >= 0.3 is 63.7 Å². The molecule has 0 spiro atoms. The zero-order chi connectivity index (χ0) is 15.2. The number of rotatable bonds is 1. The molecule has 0 atom stereocenters. The molecule has 0 N–H and O–H groups in total. The molecule has 0 aliphatic rings. The molecular formula is C12H11F6KO. The molecule has 1 rings (SSSR count). The number of alkyl halides is 6. The standard InChI is InChI=1S/C12H11F6O.K/c1-6-4-7(2)9(8(3)5-6)10(19,11(13,14)15)12(16,17)18;/h4-5H,1-3H3;/q-1;+1. The zero-order valence-electron chi connectivity index (χ0n) is 11.3. The minimum absolute atomic E-state index is 0. The Morgan fingerprint density at radius 2 is 1.10 bits per heavy atom. The molecule has 0 radical (unpaired) electrons. The normalized spacial score (nSPS) is 13.1. The van der Waals surface area contributed by atoms with Crippen molar-refractivity contribution in [3.63, 3.8) is 0 Å². The number of aryl methyl sites for hydroxylation is 3. The Hall–Kier alpha value is 0.396. The van der Waals surface area contributed by atoms with Gasteiger partial charge in [0.15, 0.2) is 0 Å². The van der Waals surface area contributed by atoms with E-state index in [1.165, 1.54) is 6.92 Å². The van der Waals surface area contributed by atoms with Gasteiger partial charge in [0, 0.05) is 0 Å². The van der Waals surface area contributed by atoms with Gasteiger partial charge in [0.2, 0.25) is 0 Å². The summed E-state index contributed by atoms with van der Waals surface area (Å²) in [6.45, 7) is 3.66. The summed E-state index contributed by atoms with van der Waals surface area (Å²) in [5, 5.41) is 11.6. The van der Waals surface area contributed by atoms with Crippen LogP contribution in [0.25, 0.3) is 0 Å². The van der Waals surface area contributed by atoms with Crippen LogP contribution in [-0.2, 0) is 5.60 Å². The van der Waals surface area contributed by atoms with Crippen molar-refractivity contribution in [3.8, 4) is 0 Å². The van der Waals surface area contributed by atoms with E-state index in [0.29, 0.717) is 5.56 Å². The van der Waals surface area contributed by atoms with E-state index in [1.54, 1.807) is 0 Å². The summed E-state index contributed by atoms with van der Waals surface area (Å²) in [5.41, 5.74) is -6.52. The molecule has 0 saturated carbocycles. The number of halogens is 6. The first-order valence-corrected chi connectivity index (χ1v) is 5.24. The second-order valence-corrected chi connectivity index (χ2v) is 4.45. The van der Waals surface area contributed by atoms with E-state index < -0.39 is 23.5 Å². The maximum atomic E-state index is 12.7.